The van der Waals surface area contributed by atoms with Crippen LogP contribution >= 0.6 is 0 Å². The molecule has 4 nitrogen and oxygen atoms in total. The highest BCUT2D eigenvalue weighted by Gasteiger charge is 2.02. The predicted octanol–water partition coefficient (Wildman–Crippen LogP) is 2.61. The van der Waals surface area contributed by atoms with Crippen LogP contribution in [0.2, 0.25) is 0 Å². The minimum atomic E-state index is 0.406. The molecule has 1 aromatic heterocycles. The van der Waals surface area contributed by atoms with Gasteiger partial charge in [-0.2, -0.15) is 10.5 Å². The molecular formula is C15H10N3O. The molecule has 0 aliphatic carbocycles. The molecular weight excluding hydrogens is 238 g/mol. The van der Waals surface area contributed by atoms with Crippen molar-refractivity contribution in [3.63, 3.8) is 0 Å². The first-order valence-corrected chi connectivity index (χ1v) is 5.64. The van der Waals surface area contributed by atoms with Crippen LogP contribution in [0.3, 0.4) is 0 Å². The maximum absolute atomic E-state index is 8.85. The Morgan fingerprint density at radius 2 is 1.89 bits per heavy atom. The molecule has 0 N–H and O–H groups in total. The van der Waals surface area contributed by atoms with Gasteiger partial charge in [0.15, 0.2) is 0 Å². The van der Waals surface area contributed by atoms with Crippen LogP contribution in [0.15, 0.2) is 42.7 Å². The van der Waals surface area contributed by atoms with Gasteiger partial charge in [-0.25, -0.2) is 0 Å². The average molecular weight is 248 g/mol. The molecule has 2 rings (SSSR count). The number of aromatic nitrogens is 1. The van der Waals surface area contributed by atoms with Crippen LogP contribution < -0.4 is 4.74 Å². The zero-order chi connectivity index (χ0) is 13.5. The van der Waals surface area contributed by atoms with Crippen molar-refractivity contribution in [1.29, 1.82) is 10.5 Å². The third-order valence-corrected chi connectivity index (χ3v) is 2.43. The van der Waals surface area contributed by atoms with Gasteiger partial charge in [0.1, 0.15) is 12.4 Å². The number of rotatable bonds is 4. The highest BCUT2D eigenvalue weighted by Crippen LogP contribution is 2.17. The van der Waals surface area contributed by atoms with Crippen LogP contribution in [0, 0.1) is 29.3 Å². The summed E-state index contributed by atoms with van der Waals surface area (Å²) in [7, 11) is 0. The van der Waals surface area contributed by atoms with Crippen LogP contribution in [-0.2, 0) is 6.42 Å². The number of nitriles is 2. The van der Waals surface area contributed by atoms with Crippen LogP contribution in [0.4, 0.5) is 0 Å². The molecule has 0 fully saturated rings. The van der Waals surface area contributed by atoms with Gasteiger partial charge in [-0.3, -0.25) is 4.98 Å². The number of pyridine rings is 1. The van der Waals surface area contributed by atoms with E-state index in [0.717, 1.165) is 5.56 Å². The fourth-order valence-corrected chi connectivity index (χ4v) is 1.55. The number of hydrogen-bond donors (Lipinski definition) is 0. The van der Waals surface area contributed by atoms with E-state index in [1.165, 1.54) is 6.07 Å². The first-order valence-electron chi connectivity index (χ1n) is 5.64. The molecule has 0 saturated carbocycles. The Hall–Kier alpha value is -2.85. The van der Waals surface area contributed by atoms with Gasteiger partial charge in [0.2, 0.25) is 0 Å². The van der Waals surface area contributed by atoms with Crippen molar-refractivity contribution < 1.29 is 4.74 Å². The second kappa shape index (κ2) is 6.18. The van der Waals surface area contributed by atoms with E-state index in [1.807, 2.05) is 24.3 Å². The maximum atomic E-state index is 8.85. The monoisotopic (exact) mass is 248 g/mol. The van der Waals surface area contributed by atoms with Gasteiger partial charge in [-0.15, -0.1) is 0 Å². The molecule has 0 aliphatic rings. The minimum Gasteiger partial charge on any atom is -0.486 e. The molecule has 91 valence electrons. The largest absolute Gasteiger partial charge is 0.486 e. The van der Waals surface area contributed by atoms with E-state index >= 15 is 0 Å². The van der Waals surface area contributed by atoms with Gasteiger partial charge in [-0.05, 0) is 29.8 Å². The van der Waals surface area contributed by atoms with Crippen molar-refractivity contribution in [1.82, 2.24) is 4.98 Å². The topological polar surface area (TPSA) is 69.7 Å². The molecule has 0 unspecified atom stereocenters. The van der Waals surface area contributed by atoms with E-state index in [4.69, 9.17) is 15.3 Å². The van der Waals surface area contributed by atoms with Crippen molar-refractivity contribution in [2.45, 2.75) is 6.42 Å². The molecule has 4 heteroatoms. The fraction of sp³-hybridized carbons (Fsp3) is 0.0667. The molecule has 1 aromatic carbocycles. The molecule has 0 saturated heterocycles. The molecule has 0 bridgehead atoms. The molecule has 0 amide bonds. The van der Waals surface area contributed by atoms with Crippen molar-refractivity contribution in [2.24, 2.45) is 0 Å². The summed E-state index contributed by atoms with van der Waals surface area (Å²) in [4.78, 5) is 4.00. The van der Waals surface area contributed by atoms with Crippen molar-refractivity contribution in [3.8, 4) is 17.9 Å². The lowest BCUT2D eigenvalue weighted by Crippen LogP contribution is -1.96. The number of benzene rings is 1. The lowest BCUT2D eigenvalue weighted by molar-refractivity contribution is 0.401. The number of ether oxygens (including phenoxy) is 1. The third kappa shape index (κ3) is 3.55. The van der Waals surface area contributed by atoms with Gasteiger partial charge in [0, 0.05) is 18.8 Å². The summed E-state index contributed by atoms with van der Waals surface area (Å²) in [5.74, 6) is 0.486. The van der Waals surface area contributed by atoms with Crippen molar-refractivity contribution >= 4 is 0 Å². The van der Waals surface area contributed by atoms with Gasteiger partial charge in [0.25, 0.3) is 0 Å². The lowest BCUT2D eigenvalue weighted by Gasteiger charge is -2.06. The molecule has 19 heavy (non-hydrogen) atoms. The van der Waals surface area contributed by atoms with Crippen LogP contribution in [0.25, 0.3) is 0 Å². The molecule has 0 spiro atoms. The van der Waals surface area contributed by atoms with E-state index in [-0.39, 0.29) is 0 Å². The minimum absolute atomic E-state index is 0.406. The van der Waals surface area contributed by atoms with Crippen LogP contribution in [-0.4, -0.2) is 4.98 Å². The second-order valence-corrected chi connectivity index (χ2v) is 3.82. The Kier molecular flexibility index (Phi) is 4.10. The Morgan fingerprint density at radius 1 is 1.16 bits per heavy atom. The highest BCUT2D eigenvalue weighted by molar-refractivity contribution is 5.45. The molecule has 0 atom stereocenters. The smallest absolute Gasteiger partial charge is 0.140 e. The van der Waals surface area contributed by atoms with E-state index in [2.05, 4.69) is 4.98 Å². The fourth-order valence-electron chi connectivity index (χ4n) is 1.55. The molecule has 2 aromatic rings. The number of hydrogen-bond acceptors (Lipinski definition) is 4. The quantitative estimate of drug-likeness (QED) is 0.833. The normalized spacial score (nSPS) is 9.37. The van der Waals surface area contributed by atoms with Gasteiger partial charge in [0.05, 0.1) is 23.3 Å². The standard InChI is InChI=1S/C15H10N3O/c16-9-13-6-14(10-17)8-15(7-13)19-5-3-12-2-1-4-18-11-12/h1-2,4-8,11H,3H2. The van der Waals surface area contributed by atoms with Crippen LogP contribution in [0.5, 0.6) is 5.75 Å². The zero-order valence-electron chi connectivity index (χ0n) is 10.1. The van der Waals surface area contributed by atoms with Crippen molar-refractivity contribution in [2.75, 3.05) is 0 Å². The first-order chi connectivity index (χ1) is 9.31. The van der Waals surface area contributed by atoms with Crippen molar-refractivity contribution in [3.05, 3.63) is 66.0 Å². The Labute approximate surface area is 111 Å². The summed E-state index contributed by atoms with van der Waals surface area (Å²) in [5, 5.41) is 17.7. The summed E-state index contributed by atoms with van der Waals surface area (Å²) in [6.07, 6.45) is 4.07. The molecule has 1 heterocycles. The van der Waals surface area contributed by atoms with Gasteiger partial charge >= 0.3 is 0 Å². The average Bonchev–Trinajstić information content (AvgIpc) is 2.48. The van der Waals surface area contributed by atoms with Gasteiger partial charge in [-0.1, -0.05) is 6.07 Å². The zero-order valence-corrected chi connectivity index (χ0v) is 10.1. The molecule has 0 aliphatic heterocycles. The second-order valence-electron chi connectivity index (χ2n) is 3.82. The Balaban J connectivity index is 2.00. The highest BCUT2D eigenvalue weighted by atomic mass is 16.5. The summed E-state index contributed by atoms with van der Waals surface area (Å²) >= 11 is 0. The SMILES string of the molecule is N#Cc1cc(C#N)cc(O[CH]Cc2cccnc2)c1. The van der Waals surface area contributed by atoms with Crippen LogP contribution in [0.1, 0.15) is 16.7 Å². The van der Waals surface area contributed by atoms with E-state index in [9.17, 15) is 0 Å². The summed E-state index contributed by atoms with van der Waals surface area (Å²) in [5.41, 5.74) is 1.84. The Bertz CT molecular complexity index is 606. The summed E-state index contributed by atoms with van der Waals surface area (Å²) in [6, 6.07) is 12.5. The van der Waals surface area contributed by atoms with E-state index in [0.29, 0.717) is 23.3 Å². The molecule has 1 radical (unpaired) electrons. The third-order valence-electron chi connectivity index (χ3n) is 2.43. The summed E-state index contributed by atoms with van der Waals surface area (Å²) in [6.45, 7) is 1.62. The van der Waals surface area contributed by atoms with Gasteiger partial charge < -0.3 is 4.74 Å². The lowest BCUT2D eigenvalue weighted by atomic mass is 10.1. The predicted molar refractivity (Wildman–Crippen MR) is 68.7 cm³/mol. The Morgan fingerprint density at radius 3 is 2.47 bits per heavy atom. The summed E-state index contributed by atoms with van der Waals surface area (Å²) < 4.78 is 5.44. The van der Waals surface area contributed by atoms with E-state index < -0.39 is 0 Å². The first kappa shape index (κ1) is 12.6. The number of nitrogens with zero attached hydrogens (tertiary/aromatic N) is 3. The van der Waals surface area contributed by atoms with E-state index in [1.54, 1.807) is 31.1 Å². The maximum Gasteiger partial charge on any atom is 0.140 e.